The molecule has 4 heteroatoms. The fraction of sp³-hybridized carbons (Fsp3) is 0.125. The molecule has 0 radical (unpaired) electrons. The molecule has 0 bridgehead atoms. The number of carboxylic acid groups (broad SMARTS) is 1. The molecule has 0 aliphatic rings. The minimum absolute atomic E-state index is 0.148. The van der Waals surface area contributed by atoms with Crippen molar-refractivity contribution in [3.63, 3.8) is 0 Å². The lowest BCUT2D eigenvalue weighted by molar-refractivity contribution is -0.255. The van der Waals surface area contributed by atoms with Gasteiger partial charge in [-0.1, -0.05) is 42.0 Å². The Bertz CT molecular complexity index is 629. The molecule has 0 aromatic heterocycles. The number of carbonyl (C=O) groups is 1. The van der Waals surface area contributed by atoms with Gasteiger partial charge >= 0.3 is 0 Å². The molecule has 2 rings (SSSR count). The molecule has 0 aliphatic heterocycles. The highest BCUT2D eigenvalue weighted by Gasteiger charge is 1.98. The Morgan fingerprint density at radius 3 is 2.10 bits per heavy atom. The predicted octanol–water partition coefficient (Wildman–Crippen LogP) is 2.19. The number of rotatable bonds is 4. The Labute approximate surface area is 117 Å². The summed E-state index contributed by atoms with van der Waals surface area (Å²) in [5, 5.41) is 14.9. The van der Waals surface area contributed by atoms with E-state index < -0.39 is 5.97 Å². The fourth-order valence-corrected chi connectivity index (χ4v) is 1.69. The monoisotopic (exact) mass is 267 g/mol. The summed E-state index contributed by atoms with van der Waals surface area (Å²) in [6, 6.07) is 14.3. The number of nitrogens with zero attached hydrogens (tertiary/aromatic N) is 1. The van der Waals surface area contributed by atoms with Crippen molar-refractivity contribution in [2.24, 2.45) is 5.10 Å². The van der Waals surface area contributed by atoms with Gasteiger partial charge in [-0.05, 0) is 37.1 Å². The van der Waals surface area contributed by atoms with E-state index in [1.807, 2.05) is 38.1 Å². The van der Waals surface area contributed by atoms with Crippen LogP contribution in [0.25, 0.3) is 0 Å². The summed E-state index contributed by atoms with van der Waals surface area (Å²) in [4.78, 5) is 10.6. The van der Waals surface area contributed by atoms with Gasteiger partial charge in [0.15, 0.2) is 0 Å². The Kier molecular flexibility index (Phi) is 4.15. The zero-order valence-corrected chi connectivity index (χ0v) is 11.4. The summed E-state index contributed by atoms with van der Waals surface area (Å²) in [6.07, 6.45) is 0. The van der Waals surface area contributed by atoms with Crippen molar-refractivity contribution >= 4 is 17.4 Å². The first kappa shape index (κ1) is 13.8. The van der Waals surface area contributed by atoms with E-state index in [0.29, 0.717) is 0 Å². The van der Waals surface area contributed by atoms with Crippen LogP contribution in [-0.2, 0) is 0 Å². The van der Waals surface area contributed by atoms with Crippen LogP contribution in [-0.4, -0.2) is 11.7 Å². The van der Waals surface area contributed by atoms with E-state index in [2.05, 4.69) is 10.5 Å². The van der Waals surface area contributed by atoms with Crippen molar-refractivity contribution < 1.29 is 9.90 Å². The molecule has 0 heterocycles. The van der Waals surface area contributed by atoms with E-state index >= 15 is 0 Å². The SMILES string of the molecule is C/C(=N\Nc1ccc(C(=O)[O-])cc1)c1ccc(C)cc1. The van der Waals surface area contributed by atoms with Crippen molar-refractivity contribution in [2.75, 3.05) is 5.43 Å². The van der Waals surface area contributed by atoms with Gasteiger partial charge in [-0.25, -0.2) is 0 Å². The van der Waals surface area contributed by atoms with Crippen LogP contribution in [0.15, 0.2) is 53.6 Å². The molecule has 20 heavy (non-hydrogen) atoms. The van der Waals surface area contributed by atoms with E-state index in [4.69, 9.17) is 0 Å². The lowest BCUT2D eigenvalue weighted by Gasteiger charge is -2.06. The zero-order chi connectivity index (χ0) is 14.5. The standard InChI is InChI=1S/C16H16N2O2/c1-11-3-5-13(6-4-11)12(2)17-18-15-9-7-14(8-10-15)16(19)20/h3-10,18H,1-2H3,(H,19,20)/p-1/b17-12+. The number of nitrogens with one attached hydrogen (secondary N) is 1. The fourth-order valence-electron chi connectivity index (χ4n) is 1.69. The Balaban J connectivity index is 2.08. The minimum Gasteiger partial charge on any atom is -0.545 e. The van der Waals surface area contributed by atoms with Crippen LogP contribution in [0.3, 0.4) is 0 Å². The molecule has 0 amide bonds. The van der Waals surface area contributed by atoms with Gasteiger partial charge in [0.2, 0.25) is 0 Å². The van der Waals surface area contributed by atoms with Crippen LogP contribution >= 0.6 is 0 Å². The second-order valence-electron chi connectivity index (χ2n) is 4.54. The van der Waals surface area contributed by atoms with E-state index in [1.54, 1.807) is 12.1 Å². The third-order valence-corrected chi connectivity index (χ3v) is 2.94. The summed E-state index contributed by atoms with van der Waals surface area (Å²) in [7, 11) is 0. The first-order valence-corrected chi connectivity index (χ1v) is 6.25. The topological polar surface area (TPSA) is 64.5 Å². The molecule has 0 atom stereocenters. The molecule has 2 aromatic carbocycles. The predicted molar refractivity (Wildman–Crippen MR) is 77.8 cm³/mol. The number of carbonyl (C=O) groups excluding carboxylic acids is 1. The van der Waals surface area contributed by atoms with Gasteiger partial charge in [0.25, 0.3) is 0 Å². The summed E-state index contributed by atoms with van der Waals surface area (Å²) in [6.45, 7) is 3.95. The Hall–Kier alpha value is -2.62. The van der Waals surface area contributed by atoms with Gasteiger partial charge in [-0.15, -0.1) is 0 Å². The summed E-state index contributed by atoms with van der Waals surface area (Å²) < 4.78 is 0. The Morgan fingerprint density at radius 2 is 1.55 bits per heavy atom. The second kappa shape index (κ2) is 6.02. The van der Waals surface area contributed by atoms with Crippen molar-refractivity contribution in [1.82, 2.24) is 0 Å². The molecule has 1 N–H and O–H groups in total. The molecule has 0 spiro atoms. The summed E-state index contributed by atoms with van der Waals surface area (Å²) in [5.74, 6) is -1.18. The highest BCUT2D eigenvalue weighted by molar-refractivity contribution is 5.99. The van der Waals surface area contributed by atoms with Gasteiger partial charge in [0.05, 0.1) is 17.4 Å². The van der Waals surface area contributed by atoms with Crippen molar-refractivity contribution in [3.8, 4) is 0 Å². The maximum Gasteiger partial charge on any atom is 0.0715 e. The van der Waals surface area contributed by atoms with Gasteiger partial charge in [0.1, 0.15) is 0 Å². The Morgan fingerprint density at radius 1 is 1.00 bits per heavy atom. The molecule has 4 nitrogen and oxygen atoms in total. The van der Waals surface area contributed by atoms with Crippen LogP contribution in [0, 0.1) is 6.92 Å². The number of aromatic carboxylic acids is 1. The number of carboxylic acids is 1. The number of anilines is 1. The smallest absolute Gasteiger partial charge is 0.0715 e. The molecule has 0 unspecified atom stereocenters. The quantitative estimate of drug-likeness (QED) is 0.682. The molecule has 0 aliphatic carbocycles. The van der Waals surface area contributed by atoms with Gasteiger partial charge in [-0.3, -0.25) is 5.43 Å². The molecule has 0 saturated carbocycles. The van der Waals surface area contributed by atoms with Crippen LogP contribution < -0.4 is 10.5 Å². The normalized spacial score (nSPS) is 11.2. The van der Waals surface area contributed by atoms with E-state index in [9.17, 15) is 9.90 Å². The number of hydrogen-bond donors (Lipinski definition) is 1. The highest BCUT2D eigenvalue weighted by Crippen LogP contribution is 2.10. The van der Waals surface area contributed by atoms with Crippen molar-refractivity contribution in [2.45, 2.75) is 13.8 Å². The summed E-state index contributed by atoms with van der Waals surface area (Å²) >= 11 is 0. The molecule has 0 saturated heterocycles. The number of aryl methyl sites for hydroxylation is 1. The van der Waals surface area contributed by atoms with E-state index in [0.717, 1.165) is 17.0 Å². The number of hydrogen-bond acceptors (Lipinski definition) is 4. The number of benzene rings is 2. The average Bonchev–Trinajstić information content (AvgIpc) is 2.46. The molecular weight excluding hydrogens is 252 g/mol. The number of hydrazone groups is 1. The maximum atomic E-state index is 10.6. The van der Waals surface area contributed by atoms with Crippen LogP contribution in [0.1, 0.15) is 28.4 Å². The minimum atomic E-state index is -1.18. The van der Waals surface area contributed by atoms with Crippen LogP contribution in [0.2, 0.25) is 0 Å². The van der Waals surface area contributed by atoms with E-state index in [-0.39, 0.29) is 5.56 Å². The molecule has 102 valence electrons. The van der Waals surface area contributed by atoms with Crippen LogP contribution in [0.5, 0.6) is 0 Å². The first-order valence-electron chi connectivity index (χ1n) is 6.25. The lowest BCUT2D eigenvalue weighted by Crippen LogP contribution is -2.21. The van der Waals surface area contributed by atoms with Crippen molar-refractivity contribution in [1.29, 1.82) is 0 Å². The summed E-state index contributed by atoms with van der Waals surface area (Å²) in [5.41, 5.74) is 6.86. The average molecular weight is 267 g/mol. The lowest BCUT2D eigenvalue weighted by atomic mass is 10.1. The van der Waals surface area contributed by atoms with Crippen molar-refractivity contribution in [3.05, 3.63) is 65.2 Å². The third-order valence-electron chi connectivity index (χ3n) is 2.94. The maximum absolute atomic E-state index is 10.6. The van der Waals surface area contributed by atoms with E-state index in [1.165, 1.54) is 17.7 Å². The van der Waals surface area contributed by atoms with Gasteiger partial charge in [0, 0.05) is 0 Å². The molecule has 2 aromatic rings. The third kappa shape index (κ3) is 3.45. The highest BCUT2D eigenvalue weighted by atomic mass is 16.4. The largest absolute Gasteiger partial charge is 0.545 e. The first-order chi connectivity index (χ1) is 9.56. The van der Waals surface area contributed by atoms with Gasteiger partial charge < -0.3 is 9.90 Å². The van der Waals surface area contributed by atoms with Crippen LogP contribution in [0.4, 0.5) is 5.69 Å². The zero-order valence-electron chi connectivity index (χ0n) is 11.4. The second-order valence-corrected chi connectivity index (χ2v) is 4.54. The van der Waals surface area contributed by atoms with Gasteiger partial charge in [-0.2, -0.15) is 5.10 Å². The molecular formula is C16H15N2O2-. The molecule has 0 fully saturated rings.